The summed E-state index contributed by atoms with van der Waals surface area (Å²) in [5.41, 5.74) is 0.933. The van der Waals surface area contributed by atoms with Gasteiger partial charge in [0.2, 0.25) is 5.91 Å². The molecule has 0 bridgehead atoms. The van der Waals surface area contributed by atoms with Gasteiger partial charge in [-0.25, -0.2) is 4.79 Å². The van der Waals surface area contributed by atoms with Crippen LogP contribution in [0.15, 0.2) is 47.1 Å². The first-order valence-corrected chi connectivity index (χ1v) is 8.45. The first-order valence-electron chi connectivity index (χ1n) is 8.45. The Bertz CT molecular complexity index is 779. The van der Waals surface area contributed by atoms with Gasteiger partial charge in [-0.3, -0.25) is 9.59 Å². The van der Waals surface area contributed by atoms with E-state index >= 15 is 0 Å². The van der Waals surface area contributed by atoms with Crippen LogP contribution in [-0.2, 0) is 20.9 Å². The molecule has 1 fully saturated rings. The highest BCUT2D eigenvalue weighted by molar-refractivity contribution is 5.95. The number of nitrogens with one attached hydrogen (secondary N) is 2. The fraction of sp³-hybridized carbons (Fsp3) is 0.316. The minimum absolute atomic E-state index is 0.00202. The van der Waals surface area contributed by atoms with Crippen molar-refractivity contribution in [2.24, 2.45) is 5.92 Å². The molecule has 1 aliphatic rings. The summed E-state index contributed by atoms with van der Waals surface area (Å²) in [7, 11) is 0. The van der Waals surface area contributed by atoms with Crippen LogP contribution in [0.5, 0.6) is 0 Å². The molecule has 0 spiro atoms. The Morgan fingerprint density at radius 3 is 2.54 bits per heavy atom. The van der Waals surface area contributed by atoms with Gasteiger partial charge in [-0.1, -0.05) is 0 Å². The van der Waals surface area contributed by atoms with Crippen LogP contribution >= 0.6 is 0 Å². The van der Waals surface area contributed by atoms with E-state index in [1.165, 1.54) is 13.2 Å². The van der Waals surface area contributed by atoms with Gasteiger partial charge in [-0.15, -0.1) is 0 Å². The first-order chi connectivity index (χ1) is 12.5. The van der Waals surface area contributed by atoms with E-state index < -0.39 is 18.0 Å². The molecule has 1 aliphatic carbocycles. The van der Waals surface area contributed by atoms with E-state index in [0.29, 0.717) is 17.0 Å². The van der Waals surface area contributed by atoms with Crippen LogP contribution in [0, 0.1) is 5.92 Å². The van der Waals surface area contributed by atoms with Crippen LogP contribution in [0.1, 0.15) is 35.9 Å². The second kappa shape index (κ2) is 7.86. The maximum atomic E-state index is 12.1. The number of anilines is 1. The molecule has 2 aromatic rings. The molecule has 7 heteroatoms. The summed E-state index contributed by atoms with van der Waals surface area (Å²) < 4.78 is 10.3. The average molecular weight is 356 g/mol. The second-order valence-corrected chi connectivity index (χ2v) is 6.19. The Labute approximate surface area is 150 Å². The van der Waals surface area contributed by atoms with E-state index in [-0.39, 0.29) is 18.4 Å². The predicted octanol–water partition coefficient (Wildman–Crippen LogP) is 2.49. The van der Waals surface area contributed by atoms with Crippen molar-refractivity contribution in [1.82, 2.24) is 5.32 Å². The highest BCUT2D eigenvalue weighted by Gasteiger charge is 2.29. The van der Waals surface area contributed by atoms with Crippen LogP contribution in [0.2, 0.25) is 0 Å². The largest absolute Gasteiger partial charge is 0.467 e. The van der Waals surface area contributed by atoms with E-state index in [9.17, 15) is 14.4 Å². The normalized spacial score (nSPS) is 14.3. The summed E-state index contributed by atoms with van der Waals surface area (Å²) in [5, 5.41) is 5.43. The van der Waals surface area contributed by atoms with Crippen molar-refractivity contribution >= 4 is 23.5 Å². The Morgan fingerprint density at radius 2 is 1.92 bits per heavy atom. The van der Waals surface area contributed by atoms with E-state index in [0.717, 1.165) is 12.8 Å². The van der Waals surface area contributed by atoms with Crippen LogP contribution in [-0.4, -0.2) is 23.9 Å². The molecule has 136 valence electrons. The molecule has 1 unspecified atom stereocenters. The number of amides is 2. The van der Waals surface area contributed by atoms with Gasteiger partial charge in [0.05, 0.1) is 18.4 Å². The lowest BCUT2D eigenvalue weighted by atomic mass is 10.2. The number of benzene rings is 1. The molecule has 1 aromatic heterocycles. The van der Waals surface area contributed by atoms with E-state index in [1.54, 1.807) is 36.4 Å². The monoisotopic (exact) mass is 356 g/mol. The number of hydrogen-bond donors (Lipinski definition) is 2. The molecule has 1 saturated carbocycles. The minimum atomic E-state index is -0.938. The second-order valence-electron chi connectivity index (χ2n) is 6.19. The van der Waals surface area contributed by atoms with Gasteiger partial charge in [-0.05, 0) is 56.2 Å². The summed E-state index contributed by atoms with van der Waals surface area (Å²) in [6, 6.07) is 9.84. The molecule has 0 radical (unpaired) electrons. The average Bonchev–Trinajstić information content (AvgIpc) is 3.36. The molecule has 26 heavy (non-hydrogen) atoms. The zero-order valence-corrected chi connectivity index (χ0v) is 14.4. The van der Waals surface area contributed by atoms with Crippen molar-refractivity contribution in [2.75, 3.05) is 5.32 Å². The van der Waals surface area contributed by atoms with Crippen molar-refractivity contribution in [3.8, 4) is 0 Å². The number of esters is 1. The third-order valence-corrected chi connectivity index (χ3v) is 4.01. The molecule has 2 amide bonds. The van der Waals surface area contributed by atoms with Gasteiger partial charge >= 0.3 is 5.97 Å². The quantitative estimate of drug-likeness (QED) is 0.743. The summed E-state index contributed by atoms with van der Waals surface area (Å²) in [5.74, 6) is -0.295. The number of rotatable bonds is 7. The lowest BCUT2D eigenvalue weighted by molar-refractivity contribution is -0.129. The predicted molar refractivity (Wildman–Crippen MR) is 93.2 cm³/mol. The molecule has 0 aliphatic heterocycles. The number of carbonyl (C=O) groups excluding carboxylic acids is 3. The van der Waals surface area contributed by atoms with E-state index in [1.807, 2.05) is 0 Å². The van der Waals surface area contributed by atoms with Gasteiger partial charge in [0, 0.05) is 11.6 Å². The summed E-state index contributed by atoms with van der Waals surface area (Å²) in [6.45, 7) is 1.72. The minimum Gasteiger partial charge on any atom is -0.467 e. The van der Waals surface area contributed by atoms with Gasteiger partial charge < -0.3 is 19.8 Å². The van der Waals surface area contributed by atoms with Gasteiger partial charge in [0.1, 0.15) is 5.76 Å². The highest BCUT2D eigenvalue weighted by Crippen LogP contribution is 2.30. The molecular formula is C19H20N2O5. The van der Waals surface area contributed by atoms with E-state index in [4.69, 9.17) is 9.15 Å². The molecule has 3 rings (SSSR count). The highest BCUT2D eigenvalue weighted by atomic mass is 16.5. The third kappa shape index (κ3) is 4.72. The van der Waals surface area contributed by atoms with Crippen molar-refractivity contribution in [3.05, 3.63) is 54.0 Å². The maximum absolute atomic E-state index is 12.1. The number of hydrogen-bond acceptors (Lipinski definition) is 5. The number of ether oxygens (including phenoxy) is 1. The Balaban J connectivity index is 1.48. The van der Waals surface area contributed by atoms with Crippen LogP contribution < -0.4 is 10.6 Å². The third-order valence-electron chi connectivity index (χ3n) is 4.01. The SMILES string of the molecule is CC(OC(=O)c1ccc(NC(=O)C2CC2)cc1)C(=O)NCc1ccco1. The fourth-order valence-electron chi connectivity index (χ4n) is 2.29. The molecule has 2 N–H and O–H groups in total. The first kappa shape index (κ1) is 17.7. The molecular weight excluding hydrogens is 336 g/mol. The molecule has 1 heterocycles. The molecule has 1 atom stereocenters. The molecule has 1 aromatic carbocycles. The Hall–Kier alpha value is -3.09. The lowest BCUT2D eigenvalue weighted by Gasteiger charge is -2.13. The van der Waals surface area contributed by atoms with Crippen LogP contribution in [0.25, 0.3) is 0 Å². The fourth-order valence-corrected chi connectivity index (χ4v) is 2.29. The van der Waals surface area contributed by atoms with Crippen LogP contribution in [0.4, 0.5) is 5.69 Å². The number of carbonyl (C=O) groups is 3. The zero-order valence-electron chi connectivity index (χ0n) is 14.4. The molecule has 7 nitrogen and oxygen atoms in total. The summed E-state index contributed by atoms with van der Waals surface area (Å²) in [4.78, 5) is 35.8. The zero-order chi connectivity index (χ0) is 18.5. The van der Waals surface area contributed by atoms with Gasteiger partial charge in [0.25, 0.3) is 5.91 Å². The Morgan fingerprint density at radius 1 is 1.19 bits per heavy atom. The maximum Gasteiger partial charge on any atom is 0.338 e. The van der Waals surface area contributed by atoms with Gasteiger partial charge in [0.15, 0.2) is 6.10 Å². The van der Waals surface area contributed by atoms with E-state index in [2.05, 4.69) is 10.6 Å². The lowest BCUT2D eigenvalue weighted by Crippen LogP contribution is -2.35. The van der Waals surface area contributed by atoms with Crippen LogP contribution in [0.3, 0.4) is 0 Å². The van der Waals surface area contributed by atoms with Crippen molar-refractivity contribution in [3.63, 3.8) is 0 Å². The van der Waals surface area contributed by atoms with Crippen molar-refractivity contribution in [1.29, 1.82) is 0 Å². The standard InChI is InChI=1S/C19H20N2O5/c1-12(17(22)20-11-16-3-2-10-25-16)26-19(24)14-6-8-15(9-7-14)21-18(23)13-4-5-13/h2-3,6-10,12-13H,4-5,11H2,1H3,(H,20,22)(H,21,23). The number of furan rings is 1. The summed E-state index contributed by atoms with van der Waals surface area (Å²) in [6.07, 6.45) is 2.43. The van der Waals surface area contributed by atoms with Gasteiger partial charge in [-0.2, -0.15) is 0 Å². The van der Waals surface area contributed by atoms with Crippen molar-refractivity contribution < 1.29 is 23.5 Å². The topological polar surface area (TPSA) is 97.6 Å². The smallest absolute Gasteiger partial charge is 0.338 e. The molecule has 0 saturated heterocycles. The van der Waals surface area contributed by atoms with Crippen molar-refractivity contribution in [2.45, 2.75) is 32.4 Å². The summed E-state index contributed by atoms with van der Waals surface area (Å²) >= 11 is 0. The Kier molecular flexibility index (Phi) is 5.36.